The minimum absolute atomic E-state index is 0.0693. The van der Waals surface area contributed by atoms with Gasteiger partial charge in [0.1, 0.15) is 0 Å². The van der Waals surface area contributed by atoms with E-state index in [4.69, 9.17) is 0 Å². The Morgan fingerprint density at radius 3 is 3.04 bits per heavy atom. The molecule has 0 aliphatic carbocycles. The van der Waals surface area contributed by atoms with Crippen LogP contribution in [0, 0.1) is 0 Å². The van der Waals surface area contributed by atoms with Crippen LogP contribution < -0.4 is 5.32 Å². The van der Waals surface area contributed by atoms with Crippen molar-refractivity contribution in [3.8, 4) is 0 Å². The third kappa shape index (κ3) is 3.10. The number of hydrogen-bond donors (Lipinski definition) is 2. The predicted molar refractivity (Wildman–Crippen MR) is 90.2 cm³/mol. The van der Waals surface area contributed by atoms with Crippen LogP contribution in [0.15, 0.2) is 42.9 Å². The quantitative estimate of drug-likeness (QED) is 0.747. The lowest BCUT2D eigenvalue weighted by Gasteiger charge is -2.32. The SMILES string of the molecule is O=C(N[C@@H]1CCCN(C(=O)c2cn[nH]n2)C1)c1cc2ccccn2c1. The summed E-state index contributed by atoms with van der Waals surface area (Å²) >= 11 is 0. The number of carbonyl (C=O) groups is 2. The minimum atomic E-state index is -0.165. The van der Waals surface area contributed by atoms with Crippen molar-refractivity contribution >= 4 is 17.3 Å². The highest BCUT2D eigenvalue weighted by molar-refractivity contribution is 5.96. The van der Waals surface area contributed by atoms with Gasteiger partial charge in [0, 0.05) is 37.0 Å². The molecule has 2 amide bonds. The normalized spacial score (nSPS) is 17.6. The van der Waals surface area contributed by atoms with E-state index in [1.54, 1.807) is 4.90 Å². The Bertz CT molecular complexity index is 868. The molecule has 4 heterocycles. The maximum Gasteiger partial charge on any atom is 0.276 e. The van der Waals surface area contributed by atoms with Gasteiger partial charge < -0.3 is 14.6 Å². The van der Waals surface area contributed by atoms with Gasteiger partial charge in [-0.25, -0.2) is 0 Å². The summed E-state index contributed by atoms with van der Waals surface area (Å²) in [7, 11) is 0. The van der Waals surface area contributed by atoms with Crippen molar-refractivity contribution < 1.29 is 9.59 Å². The number of pyridine rings is 1. The molecule has 8 heteroatoms. The Balaban J connectivity index is 1.43. The van der Waals surface area contributed by atoms with Gasteiger partial charge in [-0.15, -0.1) is 0 Å². The van der Waals surface area contributed by atoms with Gasteiger partial charge in [-0.2, -0.15) is 15.4 Å². The monoisotopic (exact) mass is 338 g/mol. The van der Waals surface area contributed by atoms with Crippen molar-refractivity contribution in [1.82, 2.24) is 30.0 Å². The average Bonchev–Trinajstić information content (AvgIpc) is 3.31. The molecule has 1 aliphatic rings. The first-order valence-electron chi connectivity index (χ1n) is 8.23. The molecule has 0 bridgehead atoms. The van der Waals surface area contributed by atoms with Crippen LogP contribution in [0.3, 0.4) is 0 Å². The molecule has 1 fully saturated rings. The molecule has 0 spiro atoms. The van der Waals surface area contributed by atoms with E-state index in [-0.39, 0.29) is 17.9 Å². The Morgan fingerprint density at radius 1 is 1.32 bits per heavy atom. The number of nitrogens with one attached hydrogen (secondary N) is 2. The second-order valence-electron chi connectivity index (χ2n) is 6.18. The van der Waals surface area contributed by atoms with E-state index in [0.717, 1.165) is 18.4 Å². The maximum atomic E-state index is 12.5. The fourth-order valence-electron chi connectivity index (χ4n) is 3.19. The van der Waals surface area contributed by atoms with Crippen LogP contribution in [0.1, 0.15) is 33.7 Å². The van der Waals surface area contributed by atoms with Gasteiger partial charge in [-0.3, -0.25) is 9.59 Å². The number of nitrogens with zero attached hydrogens (tertiary/aromatic N) is 4. The molecular weight excluding hydrogens is 320 g/mol. The number of H-pyrrole nitrogens is 1. The van der Waals surface area contributed by atoms with Crippen molar-refractivity contribution in [2.24, 2.45) is 0 Å². The number of aromatic nitrogens is 4. The van der Waals surface area contributed by atoms with Gasteiger partial charge in [-0.05, 0) is 31.0 Å². The van der Waals surface area contributed by atoms with Crippen LogP contribution in [0.25, 0.3) is 5.52 Å². The molecule has 2 N–H and O–H groups in total. The maximum absolute atomic E-state index is 12.5. The molecule has 0 unspecified atom stereocenters. The van der Waals surface area contributed by atoms with Crippen molar-refractivity contribution in [3.63, 3.8) is 0 Å². The lowest BCUT2D eigenvalue weighted by atomic mass is 10.0. The first-order valence-corrected chi connectivity index (χ1v) is 8.23. The minimum Gasteiger partial charge on any atom is -0.347 e. The van der Waals surface area contributed by atoms with E-state index in [2.05, 4.69) is 20.7 Å². The average molecular weight is 338 g/mol. The molecule has 4 rings (SSSR count). The highest BCUT2D eigenvalue weighted by Crippen LogP contribution is 2.14. The second-order valence-corrected chi connectivity index (χ2v) is 6.18. The van der Waals surface area contributed by atoms with Crippen LogP contribution in [0.2, 0.25) is 0 Å². The lowest BCUT2D eigenvalue weighted by molar-refractivity contribution is 0.0670. The highest BCUT2D eigenvalue weighted by atomic mass is 16.2. The van der Waals surface area contributed by atoms with Crippen LogP contribution in [0.4, 0.5) is 0 Å². The Labute approximate surface area is 143 Å². The number of hydrogen-bond acceptors (Lipinski definition) is 4. The van der Waals surface area contributed by atoms with Gasteiger partial charge >= 0.3 is 0 Å². The Kier molecular flexibility index (Phi) is 3.93. The van der Waals surface area contributed by atoms with E-state index < -0.39 is 0 Å². The van der Waals surface area contributed by atoms with Crippen LogP contribution in [0.5, 0.6) is 0 Å². The fourth-order valence-corrected chi connectivity index (χ4v) is 3.19. The molecule has 0 radical (unpaired) electrons. The predicted octanol–water partition coefficient (Wildman–Crippen LogP) is 1.09. The zero-order chi connectivity index (χ0) is 17.2. The van der Waals surface area contributed by atoms with Gasteiger partial charge in [0.05, 0.1) is 11.8 Å². The summed E-state index contributed by atoms with van der Waals surface area (Å²) in [6.07, 6.45) is 6.82. The summed E-state index contributed by atoms with van der Waals surface area (Å²) < 4.78 is 1.91. The number of amides is 2. The molecule has 1 aliphatic heterocycles. The standard InChI is InChI=1S/C17H18N6O2/c24-16(12-8-14-5-1-2-6-22(14)10-12)19-13-4-3-7-23(11-13)17(25)15-9-18-21-20-15/h1-2,5-6,8-10,13H,3-4,7,11H2,(H,19,24)(H,18,20,21)/t13-/m1/s1. The number of fused-ring (bicyclic) bond motifs is 1. The molecule has 25 heavy (non-hydrogen) atoms. The van der Waals surface area contributed by atoms with Gasteiger partial charge in [0.15, 0.2) is 5.69 Å². The first kappa shape index (κ1) is 15.4. The van der Waals surface area contributed by atoms with E-state index in [1.807, 2.05) is 41.1 Å². The molecule has 0 aromatic carbocycles. The zero-order valence-corrected chi connectivity index (χ0v) is 13.6. The Morgan fingerprint density at radius 2 is 2.24 bits per heavy atom. The van der Waals surface area contributed by atoms with Crippen LogP contribution >= 0.6 is 0 Å². The highest BCUT2D eigenvalue weighted by Gasteiger charge is 2.27. The van der Waals surface area contributed by atoms with E-state index >= 15 is 0 Å². The molecule has 3 aromatic heterocycles. The van der Waals surface area contributed by atoms with Gasteiger partial charge in [-0.1, -0.05) is 6.07 Å². The molecule has 0 saturated carbocycles. The first-order chi connectivity index (χ1) is 12.2. The van der Waals surface area contributed by atoms with Crippen LogP contribution in [-0.2, 0) is 0 Å². The van der Waals surface area contributed by atoms with Crippen molar-refractivity contribution in [3.05, 3.63) is 54.1 Å². The van der Waals surface area contributed by atoms with E-state index in [9.17, 15) is 9.59 Å². The summed E-state index contributed by atoms with van der Waals surface area (Å²) in [6, 6.07) is 7.60. The van der Waals surface area contributed by atoms with Crippen molar-refractivity contribution in [2.45, 2.75) is 18.9 Å². The molecule has 1 saturated heterocycles. The third-order valence-corrected chi connectivity index (χ3v) is 4.44. The van der Waals surface area contributed by atoms with E-state index in [1.165, 1.54) is 6.20 Å². The van der Waals surface area contributed by atoms with Gasteiger partial charge in [0.2, 0.25) is 0 Å². The molecular formula is C17H18N6O2. The number of rotatable bonds is 3. The summed E-state index contributed by atoms with van der Waals surface area (Å²) in [5.41, 5.74) is 1.89. The third-order valence-electron chi connectivity index (χ3n) is 4.44. The number of aromatic amines is 1. The molecule has 1 atom stereocenters. The number of carbonyl (C=O) groups excluding carboxylic acids is 2. The van der Waals surface area contributed by atoms with Gasteiger partial charge in [0.25, 0.3) is 11.8 Å². The smallest absolute Gasteiger partial charge is 0.276 e. The van der Waals surface area contributed by atoms with E-state index in [0.29, 0.717) is 24.3 Å². The fraction of sp³-hybridized carbons (Fsp3) is 0.294. The Hall–Kier alpha value is -3.16. The topological polar surface area (TPSA) is 95.4 Å². The number of piperidine rings is 1. The second kappa shape index (κ2) is 6.39. The lowest BCUT2D eigenvalue weighted by Crippen LogP contribution is -2.49. The van der Waals surface area contributed by atoms with Crippen molar-refractivity contribution in [2.75, 3.05) is 13.1 Å². The summed E-state index contributed by atoms with van der Waals surface area (Å²) in [4.78, 5) is 26.6. The summed E-state index contributed by atoms with van der Waals surface area (Å²) in [5.74, 6) is -0.285. The zero-order valence-electron chi connectivity index (χ0n) is 13.6. The molecule has 8 nitrogen and oxygen atoms in total. The molecule has 3 aromatic rings. The summed E-state index contributed by atoms with van der Waals surface area (Å²) in [6.45, 7) is 1.14. The number of likely N-dealkylation sites (tertiary alicyclic amines) is 1. The largest absolute Gasteiger partial charge is 0.347 e. The summed E-state index contributed by atoms with van der Waals surface area (Å²) in [5, 5.41) is 13.0. The van der Waals surface area contributed by atoms with Crippen LogP contribution in [-0.4, -0.2) is 55.7 Å². The molecule has 128 valence electrons. The van der Waals surface area contributed by atoms with Crippen molar-refractivity contribution in [1.29, 1.82) is 0 Å².